The fourth-order valence-electron chi connectivity index (χ4n) is 5.29. The molecule has 1 atom stereocenters. The summed E-state index contributed by atoms with van der Waals surface area (Å²) in [5, 5.41) is 8.62. The Bertz CT molecular complexity index is 1380. The van der Waals surface area contributed by atoms with Gasteiger partial charge in [-0.25, -0.2) is 4.98 Å². The number of aldehydes is 1. The van der Waals surface area contributed by atoms with E-state index in [0.29, 0.717) is 34.7 Å². The lowest BCUT2D eigenvalue weighted by atomic mass is 10.1. The SMILES string of the molecule is CN/C=C\C(NC(C)Cc1sccc1C)=C(/C=O)c1nc2cc3c(cc2[nH]1)CN(CCN1CCCC1)C3=O. The van der Waals surface area contributed by atoms with Crippen molar-refractivity contribution in [3.05, 3.63) is 68.9 Å². The minimum Gasteiger partial charge on any atom is -0.394 e. The summed E-state index contributed by atoms with van der Waals surface area (Å²) < 4.78 is 0. The van der Waals surface area contributed by atoms with Crippen molar-refractivity contribution >= 4 is 40.1 Å². The summed E-state index contributed by atoms with van der Waals surface area (Å²) in [6, 6.07) is 6.11. The van der Waals surface area contributed by atoms with Gasteiger partial charge in [-0.1, -0.05) is 0 Å². The highest BCUT2D eigenvalue weighted by molar-refractivity contribution is 7.10. The molecule has 0 aliphatic carbocycles. The molecule has 1 saturated heterocycles. The van der Waals surface area contributed by atoms with Crippen LogP contribution in [0.1, 0.15) is 52.0 Å². The van der Waals surface area contributed by atoms with Gasteiger partial charge in [0.2, 0.25) is 0 Å². The molecule has 8 nitrogen and oxygen atoms in total. The Morgan fingerprint density at radius 2 is 2.08 bits per heavy atom. The average Bonchev–Trinajstić information content (AvgIpc) is 3.69. The van der Waals surface area contributed by atoms with Crippen LogP contribution in [-0.4, -0.2) is 71.2 Å². The van der Waals surface area contributed by atoms with E-state index in [-0.39, 0.29) is 11.9 Å². The molecule has 0 saturated carbocycles. The first-order valence-corrected chi connectivity index (χ1v) is 14.2. The number of aromatic amines is 1. The maximum absolute atomic E-state index is 13.1. The molecule has 2 aliphatic heterocycles. The lowest BCUT2D eigenvalue weighted by molar-refractivity contribution is -0.103. The third-order valence-electron chi connectivity index (χ3n) is 7.41. The number of rotatable bonds is 11. The molecule has 1 fully saturated rings. The van der Waals surface area contributed by atoms with Gasteiger partial charge in [0.1, 0.15) is 5.82 Å². The fourth-order valence-corrected chi connectivity index (χ4v) is 6.33. The highest BCUT2D eigenvalue weighted by Crippen LogP contribution is 2.28. The summed E-state index contributed by atoms with van der Waals surface area (Å²) in [5.74, 6) is 0.550. The number of aryl methyl sites for hydroxylation is 1. The van der Waals surface area contributed by atoms with E-state index < -0.39 is 0 Å². The number of aromatic nitrogens is 2. The Kier molecular flexibility index (Phi) is 7.95. The number of amides is 1. The zero-order chi connectivity index (χ0) is 26.6. The zero-order valence-electron chi connectivity index (χ0n) is 22.3. The molecule has 1 aromatic carbocycles. The molecule has 2 aromatic heterocycles. The Labute approximate surface area is 227 Å². The largest absolute Gasteiger partial charge is 0.394 e. The van der Waals surface area contributed by atoms with Crippen molar-refractivity contribution in [1.82, 2.24) is 30.4 Å². The van der Waals surface area contributed by atoms with Gasteiger partial charge >= 0.3 is 0 Å². The number of fused-ring (bicyclic) bond motifs is 2. The van der Waals surface area contributed by atoms with Gasteiger partial charge in [-0.2, -0.15) is 0 Å². The Morgan fingerprint density at radius 1 is 1.26 bits per heavy atom. The molecule has 1 unspecified atom stereocenters. The molecule has 5 rings (SSSR count). The number of allylic oxidation sites excluding steroid dienone is 2. The first-order valence-electron chi connectivity index (χ1n) is 13.3. The van der Waals surface area contributed by atoms with Gasteiger partial charge in [-0.15, -0.1) is 11.3 Å². The van der Waals surface area contributed by atoms with E-state index in [1.54, 1.807) is 17.5 Å². The second-order valence-electron chi connectivity index (χ2n) is 10.2. The molecule has 0 radical (unpaired) electrons. The maximum atomic E-state index is 13.1. The topological polar surface area (TPSA) is 93.4 Å². The van der Waals surface area contributed by atoms with Gasteiger partial charge < -0.3 is 25.4 Å². The van der Waals surface area contributed by atoms with Crippen LogP contribution in [0.2, 0.25) is 0 Å². The smallest absolute Gasteiger partial charge is 0.254 e. The molecule has 3 aromatic rings. The van der Waals surface area contributed by atoms with Crippen molar-refractivity contribution in [2.24, 2.45) is 0 Å². The number of benzene rings is 1. The van der Waals surface area contributed by atoms with Crippen LogP contribution in [0.3, 0.4) is 0 Å². The van der Waals surface area contributed by atoms with Crippen LogP contribution in [-0.2, 0) is 17.8 Å². The normalized spacial score (nSPS) is 17.3. The molecule has 1 amide bonds. The number of thiophene rings is 1. The highest BCUT2D eigenvalue weighted by Gasteiger charge is 2.29. The number of hydrogen-bond acceptors (Lipinski definition) is 7. The summed E-state index contributed by atoms with van der Waals surface area (Å²) in [5.41, 5.74) is 5.64. The monoisotopic (exact) mass is 532 g/mol. The van der Waals surface area contributed by atoms with Crippen LogP contribution < -0.4 is 10.6 Å². The summed E-state index contributed by atoms with van der Waals surface area (Å²) in [6.45, 7) is 8.77. The van der Waals surface area contributed by atoms with Crippen LogP contribution >= 0.6 is 11.3 Å². The standard InChI is InChI=1S/C29H36N6O2S/c1-19-7-13-38-27(19)14-20(2)31-24(6-8-30-3)23(18-36)28-32-25-15-21-17-35(12-11-34-9-4-5-10-34)29(37)22(21)16-26(25)33-28/h6-8,13,15-16,18,20,30-31H,4-5,9-12,14,17H2,1-3H3,(H,32,33)/b8-6-,24-23-. The number of nitrogens with one attached hydrogen (secondary N) is 3. The number of carbonyl (C=O) groups excluding carboxylic acids is 2. The maximum Gasteiger partial charge on any atom is 0.254 e. The van der Waals surface area contributed by atoms with Crippen molar-refractivity contribution in [1.29, 1.82) is 0 Å². The van der Waals surface area contributed by atoms with Crippen LogP contribution in [0.4, 0.5) is 0 Å². The number of hydrogen-bond donors (Lipinski definition) is 3. The van der Waals surface area contributed by atoms with Gasteiger partial charge in [0.05, 0.1) is 22.3 Å². The Hall–Kier alpha value is -3.43. The molecular weight excluding hydrogens is 496 g/mol. The lowest BCUT2D eigenvalue weighted by Crippen LogP contribution is -2.33. The van der Waals surface area contributed by atoms with E-state index >= 15 is 0 Å². The van der Waals surface area contributed by atoms with Crippen LogP contribution in [0.5, 0.6) is 0 Å². The fraction of sp³-hybridized carbons (Fsp3) is 0.414. The first kappa shape index (κ1) is 26.2. The number of likely N-dealkylation sites (tertiary alicyclic amines) is 1. The van der Waals surface area contributed by atoms with E-state index in [4.69, 9.17) is 4.98 Å². The lowest BCUT2D eigenvalue weighted by Gasteiger charge is -2.20. The van der Waals surface area contributed by atoms with Gasteiger partial charge in [0, 0.05) is 49.6 Å². The Balaban J connectivity index is 1.38. The van der Waals surface area contributed by atoms with Crippen molar-refractivity contribution in [2.45, 2.75) is 45.7 Å². The van der Waals surface area contributed by atoms with Crippen molar-refractivity contribution in [2.75, 3.05) is 33.2 Å². The van der Waals surface area contributed by atoms with E-state index in [1.807, 2.05) is 30.2 Å². The number of imidazole rings is 1. The van der Waals surface area contributed by atoms with Gasteiger partial charge in [0.15, 0.2) is 6.29 Å². The molecule has 38 heavy (non-hydrogen) atoms. The first-order chi connectivity index (χ1) is 18.5. The molecule has 9 heteroatoms. The Morgan fingerprint density at radius 3 is 2.79 bits per heavy atom. The molecule has 0 bridgehead atoms. The molecule has 3 N–H and O–H groups in total. The van der Waals surface area contributed by atoms with Gasteiger partial charge in [-0.3, -0.25) is 9.59 Å². The summed E-state index contributed by atoms with van der Waals surface area (Å²) in [6.07, 6.45) is 7.84. The number of nitrogens with zero attached hydrogens (tertiary/aromatic N) is 3. The average molecular weight is 533 g/mol. The summed E-state index contributed by atoms with van der Waals surface area (Å²) >= 11 is 1.75. The van der Waals surface area contributed by atoms with Crippen LogP contribution in [0.25, 0.3) is 16.6 Å². The van der Waals surface area contributed by atoms with Crippen molar-refractivity contribution in [3.63, 3.8) is 0 Å². The third kappa shape index (κ3) is 5.54. The summed E-state index contributed by atoms with van der Waals surface area (Å²) in [4.78, 5) is 39.2. The molecular formula is C29H36N6O2S. The molecule has 2 aliphatic rings. The highest BCUT2D eigenvalue weighted by atomic mass is 32.1. The minimum atomic E-state index is 0.0637. The van der Waals surface area contributed by atoms with E-state index in [0.717, 1.165) is 50.0 Å². The molecule has 0 spiro atoms. The van der Waals surface area contributed by atoms with Crippen molar-refractivity contribution < 1.29 is 9.59 Å². The minimum absolute atomic E-state index is 0.0637. The second-order valence-corrected chi connectivity index (χ2v) is 11.2. The van der Waals surface area contributed by atoms with Gasteiger partial charge in [0.25, 0.3) is 5.91 Å². The predicted molar refractivity (Wildman–Crippen MR) is 153 cm³/mol. The van der Waals surface area contributed by atoms with E-state index in [1.165, 1.54) is 23.3 Å². The van der Waals surface area contributed by atoms with E-state index in [2.05, 4.69) is 45.8 Å². The number of H-pyrrole nitrogens is 1. The van der Waals surface area contributed by atoms with Gasteiger partial charge in [-0.05, 0) is 86.8 Å². The zero-order valence-corrected chi connectivity index (χ0v) is 23.2. The second kappa shape index (κ2) is 11.5. The van der Waals surface area contributed by atoms with E-state index in [9.17, 15) is 9.59 Å². The summed E-state index contributed by atoms with van der Waals surface area (Å²) in [7, 11) is 1.82. The number of carbonyl (C=O) groups is 2. The third-order valence-corrected chi connectivity index (χ3v) is 8.46. The van der Waals surface area contributed by atoms with Crippen LogP contribution in [0.15, 0.2) is 41.6 Å². The molecule has 200 valence electrons. The quantitative estimate of drug-likeness (QED) is 0.197. The molecule has 4 heterocycles. The van der Waals surface area contributed by atoms with Crippen molar-refractivity contribution in [3.8, 4) is 0 Å². The predicted octanol–water partition coefficient (Wildman–Crippen LogP) is 3.85. The van der Waals surface area contributed by atoms with Crippen LogP contribution in [0, 0.1) is 6.92 Å².